The zero-order chi connectivity index (χ0) is 16.8. The molecule has 0 heterocycles. The van der Waals surface area contributed by atoms with Crippen molar-refractivity contribution in [3.05, 3.63) is 68.2 Å². The second-order valence-electron chi connectivity index (χ2n) is 4.58. The predicted octanol–water partition coefficient (Wildman–Crippen LogP) is 2.76. The van der Waals surface area contributed by atoms with E-state index in [2.05, 4.69) is 26.5 Å². The lowest BCUT2D eigenvalue weighted by Crippen LogP contribution is -2.19. The SMILES string of the molecule is O=C(Cc1ccccc1)N/N=C/c1cc([N+](=O)[O-])cc(Br)c1O. The Balaban J connectivity index is 2.05. The van der Waals surface area contributed by atoms with Crippen LogP contribution in [0.1, 0.15) is 11.1 Å². The van der Waals surface area contributed by atoms with E-state index in [0.717, 1.165) is 17.8 Å². The number of hydrogen-bond donors (Lipinski definition) is 2. The number of halogens is 1. The molecular weight excluding hydrogens is 366 g/mol. The van der Waals surface area contributed by atoms with Crippen LogP contribution in [0.2, 0.25) is 0 Å². The minimum absolute atomic E-state index is 0.117. The Morgan fingerprint density at radius 1 is 1.35 bits per heavy atom. The van der Waals surface area contributed by atoms with Gasteiger partial charge in [-0.2, -0.15) is 5.10 Å². The second kappa shape index (κ2) is 7.50. The smallest absolute Gasteiger partial charge is 0.271 e. The normalized spacial score (nSPS) is 10.7. The second-order valence-corrected chi connectivity index (χ2v) is 5.43. The quantitative estimate of drug-likeness (QED) is 0.474. The molecule has 2 N–H and O–H groups in total. The van der Waals surface area contributed by atoms with Crippen molar-refractivity contribution >= 4 is 33.7 Å². The molecule has 0 fully saturated rings. The zero-order valence-corrected chi connectivity index (χ0v) is 13.4. The summed E-state index contributed by atoms with van der Waals surface area (Å²) in [6.07, 6.45) is 1.30. The van der Waals surface area contributed by atoms with E-state index in [0.29, 0.717) is 0 Å². The highest BCUT2D eigenvalue weighted by atomic mass is 79.9. The molecule has 2 rings (SSSR count). The van der Waals surface area contributed by atoms with Gasteiger partial charge in [0.05, 0.1) is 22.0 Å². The van der Waals surface area contributed by atoms with Gasteiger partial charge in [-0.05, 0) is 21.5 Å². The molecule has 23 heavy (non-hydrogen) atoms. The maximum absolute atomic E-state index is 11.7. The molecule has 0 aromatic heterocycles. The molecule has 0 aliphatic carbocycles. The molecule has 0 aliphatic heterocycles. The molecule has 0 radical (unpaired) electrons. The molecule has 2 aromatic rings. The molecule has 0 atom stereocenters. The Morgan fingerprint density at radius 3 is 2.70 bits per heavy atom. The number of benzene rings is 2. The third-order valence-corrected chi connectivity index (χ3v) is 3.49. The van der Waals surface area contributed by atoms with Crippen molar-refractivity contribution < 1.29 is 14.8 Å². The van der Waals surface area contributed by atoms with E-state index in [-0.39, 0.29) is 33.8 Å². The molecule has 0 saturated heterocycles. The minimum atomic E-state index is -0.588. The summed E-state index contributed by atoms with van der Waals surface area (Å²) in [5, 5.41) is 24.3. The van der Waals surface area contributed by atoms with Gasteiger partial charge >= 0.3 is 0 Å². The van der Waals surface area contributed by atoms with Gasteiger partial charge < -0.3 is 5.11 Å². The highest BCUT2D eigenvalue weighted by Gasteiger charge is 2.13. The van der Waals surface area contributed by atoms with Crippen LogP contribution < -0.4 is 5.43 Å². The molecule has 0 unspecified atom stereocenters. The molecule has 0 saturated carbocycles. The Morgan fingerprint density at radius 2 is 2.04 bits per heavy atom. The number of carbonyl (C=O) groups is 1. The van der Waals surface area contributed by atoms with Crippen molar-refractivity contribution in [2.45, 2.75) is 6.42 Å². The number of phenolic OH excluding ortho intramolecular Hbond substituents is 1. The molecule has 0 bridgehead atoms. The largest absolute Gasteiger partial charge is 0.506 e. The predicted molar refractivity (Wildman–Crippen MR) is 88.3 cm³/mol. The third kappa shape index (κ3) is 4.62. The van der Waals surface area contributed by atoms with Crippen molar-refractivity contribution in [2.75, 3.05) is 0 Å². The van der Waals surface area contributed by atoms with Crippen molar-refractivity contribution in [2.24, 2.45) is 5.10 Å². The summed E-state index contributed by atoms with van der Waals surface area (Å²) in [4.78, 5) is 21.9. The van der Waals surface area contributed by atoms with E-state index in [1.165, 1.54) is 6.07 Å². The number of hydrogen-bond acceptors (Lipinski definition) is 5. The van der Waals surface area contributed by atoms with Crippen molar-refractivity contribution in [3.63, 3.8) is 0 Å². The number of nitrogens with zero attached hydrogens (tertiary/aromatic N) is 2. The maximum atomic E-state index is 11.7. The van der Waals surface area contributed by atoms with E-state index in [1.807, 2.05) is 30.3 Å². The number of aromatic hydroxyl groups is 1. The van der Waals surface area contributed by atoms with Crippen LogP contribution >= 0.6 is 15.9 Å². The topological polar surface area (TPSA) is 105 Å². The number of nitro groups is 1. The number of carbonyl (C=O) groups excluding carboxylic acids is 1. The first-order valence-corrected chi connectivity index (χ1v) is 7.29. The van der Waals surface area contributed by atoms with E-state index in [9.17, 15) is 20.0 Å². The molecule has 2 aromatic carbocycles. The summed E-state index contributed by atoms with van der Waals surface area (Å²) in [5.41, 5.74) is 3.06. The molecule has 8 heteroatoms. The Bertz CT molecular complexity index is 763. The average molecular weight is 378 g/mol. The molecule has 1 amide bonds. The van der Waals surface area contributed by atoms with Crippen LogP contribution in [0.25, 0.3) is 0 Å². The lowest BCUT2D eigenvalue weighted by molar-refractivity contribution is -0.385. The van der Waals surface area contributed by atoms with Crippen LogP contribution in [0.15, 0.2) is 52.0 Å². The van der Waals surface area contributed by atoms with E-state index in [4.69, 9.17) is 0 Å². The number of nitro benzene ring substituents is 1. The van der Waals surface area contributed by atoms with Crippen LogP contribution in [0.4, 0.5) is 5.69 Å². The van der Waals surface area contributed by atoms with Crippen LogP contribution in [-0.2, 0) is 11.2 Å². The number of phenols is 1. The van der Waals surface area contributed by atoms with E-state index >= 15 is 0 Å². The van der Waals surface area contributed by atoms with Gasteiger partial charge in [0, 0.05) is 17.7 Å². The van der Waals surface area contributed by atoms with Crippen LogP contribution in [-0.4, -0.2) is 22.2 Å². The monoisotopic (exact) mass is 377 g/mol. The van der Waals surface area contributed by atoms with Crippen molar-refractivity contribution in [1.82, 2.24) is 5.43 Å². The highest BCUT2D eigenvalue weighted by Crippen LogP contribution is 2.31. The minimum Gasteiger partial charge on any atom is -0.506 e. The fourth-order valence-electron chi connectivity index (χ4n) is 1.80. The Labute approximate surface area is 139 Å². The van der Waals surface area contributed by atoms with Gasteiger partial charge in [0.25, 0.3) is 5.69 Å². The number of non-ortho nitro benzene ring substituents is 1. The maximum Gasteiger partial charge on any atom is 0.271 e. The third-order valence-electron chi connectivity index (χ3n) is 2.89. The standard InChI is InChI=1S/C15H12BrN3O4/c16-13-8-12(19(22)23)7-11(15(13)21)9-17-18-14(20)6-10-4-2-1-3-5-10/h1-5,7-9,21H,6H2,(H,18,20)/b17-9+. The van der Waals surface area contributed by atoms with Gasteiger partial charge in [0.2, 0.25) is 5.91 Å². The van der Waals surface area contributed by atoms with Gasteiger partial charge in [-0.25, -0.2) is 5.43 Å². The number of hydrazone groups is 1. The van der Waals surface area contributed by atoms with Gasteiger partial charge in [-0.15, -0.1) is 0 Å². The van der Waals surface area contributed by atoms with Crippen LogP contribution in [0, 0.1) is 10.1 Å². The van der Waals surface area contributed by atoms with Crippen LogP contribution in [0.5, 0.6) is 5.75 Å². The lowest BCUT2D eigenvalue weighted by atomic mass is 10.1. The first kappa shape index (κ1) is 16.6. The molecule has 118 valence electrons. The summed E-state index contributed by atoms with van der Waals surface area (Å²) in [7, 11) is 0. The Kier molecular flexibility index (Phi) is 5.42. The summed E-state index contributed by atoms with van der Waals surface area (Å²) >= 11 is 3.03. The molecule has 0 spiro atoms. The fraction of sp³-hybridized carbons (Fsp3) is 0.0667. The summed E-state index contributed by atoms with van der Waals surface area (Å²) in [6, 6.07) is 11.5. The van der Waals surface area contributed by atoms with Gasteiger partial charge in [-0.3, -0.25) is 14.9 Å². The first-order chi connectivity index (χ1) is 11.0. The highest BCUT2D eigenvalue weighted by molar-refractivity contribution is 9.10. The summed E-state index contributed by atoms with van der Waals surface area (Å²) in [5.74, 6) is -0.534. The zero-order valence-electron chi connectivity index (χ0n) is 11.8. The first-order valence-electron chi connectivity index (χ1n) is 6.50. The molecule has 0 aliphatic rings. The van der Waals surface area contributed by atoms with Crippen molar-refractivity contribution in [3.8, 4) is 5.75 Å². The fourth-order valence-corrected chi connectivity index (χ4v) is 2.27. The van der Waals surface area contributed by atoms with E-state index in [1.54, 1.807) is 0 Å². The summed E-state index contributed by atoms with van der Waals surface area (Å²) in [6.45, 7) is 0. The number of amides is 1. The van der Waals surface area contributed by atoms with Crippen LogP contribution in [0.3, 0.4) is 0 Å². The average Bonchev–Trinajstić information content (AvgIpc) is 2.52. The Hall–Kier alpha value is -2.74. The number of nitrogens with one attached hydrogen (secondary N) is 1. The van der Waals surface area contributed by atoms with E-state index < -0.39 is 4.92 Å². The summed E-state index contributed by atoms with van der Waals surface area (Å²) < 4.78 is 0.170. The molecule has 7 nitrogen and oxygen atoms in total. The van der Waals surface area contributed by atoms with Gasteiger partial charge in [0.1, 0.15) is 5.75 Å². The van der Waals surface area contributed by atoms with Gasteiger partial charge in [0.15, 0.2) is 0 Å². The molecular formula is C15H12BrN3O4. The number of rotatable bonds is 5. The van der Waals surface area contributed by atoms with Gasteiger partial charge in [-0.1, -0.05) is 30.3 Å². The van der Waals surface area contributed by atoms with Crippen molar-refractivity contribution in [1.29, 1.82) is 0 Å². The lowest BCUT2D eigenvalue weighted by Gasteiger charge is -2.03.